The predicted molar refractivity (Wildman–Crippen MR) is 130 cm³/mol. The zero-order valence-electron chi connectivity index (χ0n) is 18.0. The van der Waals surface area contributed by atoms with Gasteiger partial charge in [0.25, 0.3) is 0 Å². The quantitative estimate of drug-likeness (QED) is 0.419. The summed E-state index contributed by atoms with van der Waals surface area (Å²) in [6.45, 7) is 3.77. The first-order valence-electron chi connectivity index (χ1n) is 10.9. The monoisotopic (exact) mass is 461 g/mol. The van der Waals surface area contributed by atoms with Gasteiger partial charge in [0.05, 0.1) is 17.4 Å². The summed E-state index contributed by atoms with van der Waals surface area (Å²) in [5, 5.41) is 11.7. The number of aromatic amines is 1. The van der Waals surface area contributed by atoms with E-state index >= 15 is 0 Å². The summed E-state index contributed by atoms with van der Waals surface area (Å²) in [4.78, 5) is 17.0. The number of para-hydroxylation sites is 1. The van der Waals surface area contributed by atoms with E-state index in [1.807, 2.05) is 59.5 Å². The molecule has 0 spiro atoms. The number of ether oxygens (including phenoxy) is 1. The second-order valence-electron chi connectivity index (χ2n) is 8.04. The van der Waals surface area contributed by atoms with Crippen molar-refractivity contribution in [3.8, 4) is 11.5 Å². The smallest absolute Gasteiger partial charge is 0.321 e. The Kier molecular flexibility index (Phi) is 6.15. The Bertz CT molecular complexity index is 1250. The molecule has 2 heterocycles. The molecular weight excluding hydrogens is 438 g/mol. The summed E-state index contributed by atoms with van der Waals surface area (Å²) in [6.07, 6.45) is 1.75. The van der Waals surface area contributed by atoms with Crippen molar-refractivity contribution in [3.05, 3.63) is 83.5 Å². The number of nitrogens with zero attached hydrogens (tertiary/aromatic N) is 3. The van der Waals surface area contributed by atoms with Crippen molar-refractivity contribution >= 4 is 34.2 Å². The van der Waals surface area contributed by atoms with E-state index in [1.165, 1.54) is 5.56 Å². The normalized spacial score (nSPS) is 14.4. The molecule has 0 aliphatic carbocycles. The maximum Gasteiger partial charge on any atom is 0.321 e. The second-order valence-corrected chi connectivity index (χ2v) is 8.47. The molecule has 1 aliphatic heterocycles. The number of piperazine rings is 1. The van der Waals surface area contributed by atoms with Gasteiger partial charge in [0, 0.05) is 43.1 Å². The van der Waals surface area contributed by atoms with E-state index in [1.54, 1.807) is 6.20 Å². The largest absolute Gasteiger partial charge is 0.457 e. The number of aromatic nitrogens is 2. The lowest BCUT2D eigenvalue weighted by molar-refractivity contribution is 0.143. The van der Waals surface area contributed by atoms with Crippen LogP contribution in [-0.4, -0.2) is 52.2 Å². The number of carbonyl (C=O) groups excluding carboxylic acids is 1. The molecule has 5 rings (SSSR count). The van der Waals surface area contributed by atoms with Gasteiger partial charge in [-0.3, -0.25) is 10.00 Å². The molecule has 0 unspecified atom stereocenters. The molecule has 1 aliphatic rings. The first-order chi connectivity index (χ1) is 16.1. The molecule has 2 N–H and O–H groups in total. The third kappa shape index (κ3) is 5.10. The van der Waals surface area contributed by atoms with Gasteiger partial charge in [-0.15, -0.1) is 0 Å². The van der Waals surface area contributed by atoms with Gasteiger partial charge < -0.3 is 15.0 Å². The molecule has 1 saturated heterocycles. The number of H-pyrrole nitrogens is 1. The van der Waals surface area contributed by atoms with Crippen LogP contribution in [-0.2, 0) is 6.54 Å². The highest BCUT2D eigenvalue weighted by Gasteiger charge is 2.22. The number of benzene rings is 3. The van der Waals surface area contributed by atoms with Crippen LogP contribution in [0.25, 0.3) is 10.9 Å². The van der Waals surface area contributed by atoms with Crippen molar-refractivity contribution < 1.29 is 9.53 Å². The first-order valence-corrected chi connectivity index (χ1v) is 11.2. The van der Waals surface area contributed by atoms with Crippen molar-refractivity contribution in [2.75, 3.05) is 31.5 Å². The summed E-state index contributed by atoms with van der Waals surface area (Å²) in [5.74, 6) is 1.54. The molecule has 7 nitrogen and oxygen atoms in total. The van der Waals surface area contributed by atoms with Gasteiger partial charge in [0.2, 0.25) is 0 Å². The third-order valence-electron chi connectivity index (χ3n) is 5.73. The number of rotatable bonds is 5. The number of amides is 2. The zero-order chi connectivity index (χ0) is 22.6. The number of hydrogen-bond acceptors (Lipinski definition) is 4. The van der Waals surface area contributed by atoms with Crippen LogP contribution in [0.5, 0.6) is 11.5 Å². The Morgan fingerprint density at radius 2 is 1.79 bits per heavy atom. The van der Waals surface area contributed by atoms with Gasteiger partial charge in [-0.1, -0.05) is 35.9 Å². The number of halogens is 1. The number of anilines is 1. The molecule has 2 amide bonds. The van der Waals surface area contributed by atoms with Crippen LogP contribution in [0.1, 0.15) is 5.56 Å². The van der Waals surface area contributed by atoms with Crippen LogP contribution >= 0.6 is 11.6 Å². The number of urea groups is 1. The lowest BCUT2D eigenvalue weighted by Crippen LogP contribution is -2.49. The van der Waals surface area contributed by atoms with Gasteiger partial charge >= 0.3 is 6.03 Å². The van der Waals surface area contributed by atoms with Crippen molar-refractivity contribution in [1.29, 1.82) is 0 Å². The standard InChI is InChI=1S/C25H24ClN5O2/c26-20-7-9-21(10-8-20)33-22-5-1-3-18(15-22)17-30-11-13-31(14-12-30)25(32)28-23-6-2-4-19-16-27-29-24(19)23/h1-10,15-16H,11-14,17H2,(H,27,29)(H,28,32). The lowest BCUT2D eigenvalue weighted by Gasteiger charge is -2.34. The van der Waals surface area contributed by atoms with E-state index in [0.29, 0.717) is 18.1 Å². The highest BCUT2D eigenvalue weighted by atomic mass is 35.5. The van der Waals surface area contributed by atoms with E-state index in [-0.39, 0.29) is 6.03 Å². The molecule has 0 saturated carbocycles. The Labute approximate surface area is 196 Å². The molecule has 4 aromatic rings. The van der Waals surface area contributed by atoms with Crippen LogP contribution in [0, 0.1) is 0 Å². The van der Waals surface area contributed by atoms with Crippen molar-refractivity contribution in [2.24, 2.45) is 0 Å². The number of nitrogens with one attached hydrogen (secondary N) is 2. The fourth-order valence-electron chi connectivity index (χ4n) is 3.98. The number of fused-ring (bicyclic) bond motifs is 1. The van der Waals surface area contributed by atoms with Crippen LogP contribution in [0.4, 0.5) is 10.5 Å². The van der Waals surface area contributed by atoms with Crippen molar-refractivity contribution in [1.82, 2.24) is 20.0 Å². The second kappa shape index (κ2) is 9.52. The molecule has 8 heteroatoms. The van der Waals surface area contributed by atoms with Crippen LogP contribution in [0.3, 0.4) is 0 Å². The maximum atomic E-state index is 12.8. The van der Waals surface area contributed by atoms with Gasteiger partial charge in [-0.05, 0) is 48.0 Å². The van der Waals surface area contributed by atoms with Crippen LogP contribution in [0.2, 0.25) is 5.02 Å². The molecule has 1 aromatic heterocycles. The zero-order valence-corrected chi connectivity index (χ0v) is 18.8. The van der Waals surface area contributed by atoms with E-state index in [2.05, 4.69) is 32.5 Å². The molecule has 3 aromatic carbocycles. The van der Waals surface area contributed by atoms with Gasteiger partial charge in [-0.25, -0.2) is 4.79 Å². The highest BCUT2D eigenvalue weighted by molar-refractivity contribution is 6.30. The minimum atomic E-state index is -0.0879. The Hall–Kier alpha value is -3.55. The lowest BCUT2D eigenvalue weighted by atomic mass is 10.2. The Morgan fingerprint density at radius 1 is 1.00 bits per heavy atom. The first kappa shape index (κ1) is 21.3. The molecule has 0 bridgehead atoms. The Morgan fingerprint density at radius 3 is 2.61 bits per heavy atom. The van der Waals surface area contributed by atoms with Crippen molar-refractivity contribution in [2.45, 2.75) is 6.54 Å². The predicted octanol–water partition coefficient (Wildman–Crippen LogP) is 5.36. The van der Waals surface area contributed by atoms with E-state index in [4.69, 9.17) is 16.3 Å². The summed E-state index contributed by atoms with van der Waals surface area (Å²) in [7, 11) is 0. The molecule has 168 valence electrons. The van der Waals surface area contributed by atoms with E-state index in [9.17, 15) is 4.79 Å². The molecular formula is C25H24ClN5O2. The molecule has 0 atom stereocenters. The van der Waals surface area contributed by atoms with Gasteiger partial charge in [0.1, 0.15) is 11.5 Å². The van der Waals surface area contributed by atoms with E-state index < -0.39 is 0 Å². The van der Waals surface area contributed by atoms with Crippen molar-refractivity contribution in [3.63, 3.8) is 0 Å². The third-order valence-corrected chi connectivity index (χ3v) is 5.98. The number of carbonyl (C=O) groups is 1. The molecule has 1 fully saturated rings. The van der Waals surface area contributed by atoms with Crippen LogP contribution in [0.15, 0.2) is 72.9 Å². The summed E-state index contributed by atoms with van der Waals surface area (Å²) in [5.41, 5.74) is 2.76. The minimum Gasteiger partial charge on any atom is -0.457 e. The summed E-state index contributed by atoms with van der Waals surface area (Å²) < 4.78 is 5.95. The summed E-state index contributed by atoms with van der Waals surface area (Å²) in [6, 6.07) is 21.1. The van der Waals surface area contributed by atoms with Crippen LogP contribution < -0.4 is 10.1 Å². The molecule has 33 heavy (non-hydrogen) atoms. The SMILES string of the molecule is O=C(Nc1cccc2cn[nH]c12)N1CCN(Cc2cccc(Oc3ccc(Cl)cc3)c2)CC1. The minimum absolute atomic E-state index is 0.0879. The number of hydrogen-bond donors (Lipinski definition) is 2. The fourth-order valence-corrected chi connectivity index (χ4v) is 4.11. The highest BCUT2D eigenvalue weighted by Crippen LogP contribution is 2.25. The topological polar surface area (TPSA) is 73.5 Å². The van der Waals surface area contributed by atoms with Gasteiger partial charge in [0.15, 0.2) is 0 Å². The van der Waals surface area contributed by atoms with Gasteiger partial charge in [-0.2, -0.15) is 5.10 Å². The average molecular weight is 462 g/mol. The average Bonchev–Trinajstić information content (AvgIpc) is 3.31. The van der Waals surface area contributed by atoms with E-state index in [0.717, 1.165) is 47.7 Å². The summed E-state index contributed by atoms with van der Waals surface area (Å²) >= 11 is 5.94. The molecule has 0 radical (unpaired) electrons. The Balaban J connectivity index is 1.15. The fraction of sp³-hybridized carbons (Fsp3) is 0.200. The maximum absolute atomic E-state index is 12.8.